The number of rotatable bonds is 2. The molecule has 0 spiro atoms. The minimum atomic E-state index is -0.326. The van der Waals surface area contributed by atoms with E-state index in [4.69, 9.17) is 17.3 Å². The van der Waals surface area contributed by atoms with Gasteiger partial charge in [0.1, 0.15) is 0 Å². The Balaban J connectivity index is 0.00000169. The molecule has 132 valence electrons. The van der Waals surface area contributed by atoms with Crippen LogP contribution in [0.15, 0.2) is 24.3 Å². The number of hydrogen-bond donors (Lipinski definition) is 1. The first kappa shape index (κ1) is 18.0. The van der Waals surface area contributed by atoms with Crippen molar-refractivity contribution in [3.05, 3.63) is 34.9 Å². The third-order valence-electron chi connectivity index (χ3n) is 6.46. The van der Waals surface area contributed by atoms with E-state index in [9.17, 15) is 4.79 Å². The van der Waals surface area contributed by atoms with Crippen molar-refractivity contribution in [1.29, 1.82) is 0 Å². The number of likely N-dealkylation sites (tertiary alicyclic amines) is 1. The Morgan fingerprint density at radius 1 is 1.12 bits per heavy atom. The minimum Gasteiger partial charge on any atom is -0.341 e. The van der Waals surface area contributed by atoms with Crippen LogP contribution in [0, 0.1) is 11.8 Å². The zero-order valence-corrected chi connectivity index (χ0v) is 15.5. The highest BCUT2D eigenvalue weighted by Crippen LogP contribution is 2.45. The van der Waals surface area contributed by atoms with Gasteiger partial charge in [0.2, 0.25) is 5.91 Å². The van der Waals surface area contributed by atoms with Crippen LogP contribution in [0.25, 0.3) is 0 Å². The van der Waals surface area contributed by atoms with Crippen LogP contribution < -0.4 is 5.73 Å². The smallest absolute Gasteiger partial charge is 0.233 e. The molecule has 2 saturated carbocycles. The summed E-state index contributed by atoms with van der Waals surface area (Å²) >= 11 is 6.04. The second-order valence-corrected chi connectivity index (χ2v) is 8.11. The summed E-state index contributed by atoms with van der Waals surface area (Å²) in [5, 5.41) is 0.732. The summed E-state index contributed by atoms with van der Waals surface area (Å²) in [4.78, 5) is 15.6. The molecule has 0 radical (unpaired) electrons. The lowest BCUT2D eigenvalue weighted by Crippen LogP contribution is -2.45. The Labute approximate surface area is 155 Å². The van der Waals surface area contributed by atoms with E-state index in [0.29, 0.717) is 17.7 Å². The van der Waals surface area contributed by atoms with Gasteiger partial charge in [-0.15, -0.1) is 12.4 Å². The van der Waals surface area contributed by atoms with Crippen LogP contribution >= 0.6 is 24.0 Å². The number of carbonyl (C=O) groups is 1. The Bertz CT molecular complexity index is 598. The molecule has 2 aliphatic carbocycles. The zero-order valence-electron chi connectivity index (χ0n) is 13.9. The summed E-state index contributed by atoms with van der Waals surface area (Å²) in [7, 11) is 0. The van der Waals surface area contributed by atoms with Gasteiger partial charge in [-0.3, -0.25) is 4.79 Å². The second kappa shape index (κ2) is 6.86. The lowest BCUT2D eigenvalue weighted by Gasteiger charge is -2.33. The zero-order chi connectivity index (χ0) is 16.0. The molecule has 1 aliphatic heterocycles. The van der Waals surface area contributed by atoms with Gasteiger partial charge >= 0.3 is 0 Å². The van der Waals surface area contributed by atoms with Crippen molar-refractivity contribution in [3.63, 3.8) is 0 Å². The molecule has 3 aliphatic rings. The highest BCUT2D eigenvalue weighted by Gasteiger charge is 2.49. The molecule has 3 unspecified atom stereocenters. The van der Waals surface area contributed by atoms with Gasteiger partial charge in [-0.2, -0.15) is 0 Å². The van der Waals surface area contributed by atoms with Crippen LogP contribution in [0.1, 0.15) is 44.1 Å². The van der Waals surface area contributed by atoms with Crippen molar-refractivity contribution < 1.29 is 4.79 Å². The van der Waals surface area contributed by atoms with Gasteiger partial charge in [0, 0.05) is 24.2 Å². The molecule has 2 N–H and O–H groups in total. The quantitative estimate of drug-likeness (QED) is 0.863. The summed E-state index contributed by atoms with van der Waals surface area (Å²) in [6.07, 6.45) is 6.50. The van der Waals surface area contributed by atoms with Crippen molar-refractivity contribution in [3.8, 4) is 0 Å². The van der Waals surface area contributed by atoms with Crippen molar-refractivity contribution >= 4 is 29.9 Å². The molecule has 1 aromatic carbocycles. The van der Waals surface area contributed by atoms with Crippen LogP contribution in [-0.4, -0.2) is 29.9 Å². The number of amides is 1. The van der Waals surface area contributed by atoms with E-state index in [-0.39, 0.29) is 23.9 Å². The van der Waals surface area contributed by atoms with E-state index in [1.54, 1.807) is 0 Å². The van der Waals surface area contributed by atoms with E-state index in [1.165, 1.54) is 6.42 Å². The monoisotopic (exact) mass is 368 g/mol. The van der Waals surface area contributed by atoms with Gasteiger partial charge in [-0.05, 0) is 55.2 Å². The average molecular weight is 369 g/mol. The number of nitrogens with two attached hydrogens (primary N) is 1. The normalized spacial score (nSPS) is 30.9. The van der Waals surface area contributed by atoms with Crippen molar-refractivity contribution in [2.24, 2.45) is 17.6 Å². The van der Waals surface area contributed by atoms with Gasteiger partial charge in [-0.25, -0.2) is 0 Å². The Hall–Kier alpha value is -0.770. The van der Waals surface area contributed by atoms with Gasteiger partial charge in [0.15, 0.2) is 0 Å². The fourth-order valence-electron chi connectivity index (χ4n) is 5.15. The predicted octanol–water partition coefficient (Wildman–Crippen LogP) is 3.77. The molecule has 3 atom stereocenters. The van der Waals surface area contributed by atoms with E-state index < -0.39 is 0 Å². The number of hydrogen-bond acceptors (Lipinski definition) is 2. The van der Waals surface area contributed by atoms with Gasteiger partial charge in [0.25, 0.3) is 0 Å². The fourth-order valence-corrected chi connectivity index (χ4v) is 5.28. The molecule has 1 amide bonds. The molecule has 1 aromatic rings. The maximum absolute atomic E-state index is 13.4. The highest BCUT2D eigenvalue weighted by molar-refractivity contribution is 6.30. The molecule has 1 heterocycles. The standard InChI is InChI=1S/C19H25ClN2O.ClH/c20-15-6-4-14(5-7-15)19(9-1-2-10-19)18(23)22-11-13-3-8-17(21)16(13)12-22;/h4-7,13,16-17H,1-3,8-12,21H2;1H. The third kappa shape index (κ3) is 2.85. The molecule has 24 heavy (non-hydrogen) atoms. The predicted molar refractivity (Wildman–Crippen MR) is 99.6 cm³/mol. The van der Waals surface area contributed by atoms with Gasteiger partial charge < -0.3 is 10.6 Å². The topological polar surface area (TPSA) is 46.3 Å². The van der Waals surface area contributed by atoms with Crippen LogP contribution in [0.3, 0.4) is 0 Å². The molecule has 1 saturated heterocycles. The molecule has 0 aromatic heterocycles. The number of fused-ring (bicyclic) bond motifs is 1. The first-order valence-electron chi connectivity index (χ1n) is 8.91. The molecule has 0 bridgehead atoms. The summed E-state index contributed by atoms with van der Waals surface area (Å²) in [5.41, 5.74) is 7.06. The molecular weight excluding hydrogens is 343 g/mol. The first-order valence-corrected chi connectivity index (χ1v) is 9.29. The third-order valence-corrected chi connectivity index (χ3v) is 6.71. The van der Waals surface area contributed by atoms with Gasteiger partial charge in [-0.1, -0.05) is 36.6 Å². The summed E-state index contributed by atoms with van der Waals surface area (Å²) in [5.74, 6) is 1.47. The Morgan fingerprint density at radius 3 is 2.42 bits per heavy atom. The van der Waals surface area contributed by atoms with E-state index in [1.807, 2.05) is 24.3 Å². The fraction of sp³-hybridized carbons (Fsp3) is 0.632. The van der Waals surface area contributed by atoms with Crippen molar-refractivity contribution in [1.82, 2.24) is 4.90 Å². The van der Waals surface area contributed by atoms with E-state index in [0.717, 1.165) is 55.8 Å². The summed E-state index contributed by atoms with van der Waals surface area (Å²) in [6, 6.07) is 8.22. The molecule has 3 fully saturated rings. The minimum absolute atomic E-state index is 0. The van der Waals surface area contributed by atoms with E-state index in [2.05, 4.69) is 4.90 Å². The highest BCUT2D eigenvalue weighted by atomic mass is 35.5. The summed E-state index contributed by atoms with van der Waals surface area (Å²) in [6.45, 7) is 1.77. The average Bonchev–Trinajstić information content (AvgIpc) is 3.26. The van der Waals surface area contributed by atoms with Crippen LogP contribution in [0.5, 0.6) is 0 Å². The lowest BCUT2D eigenvalue weighted by atomic mass is 9.77. The number of halogens is 2. The van der Waals surface area contributed by atoms with Crippen molar-refractivity contribution in [2.75, 3.05) is 13.1 Å². The van der Waals surface area contributed by atoms with Crippen molar-refractivity contribution in [2.45, 2.75) is 50.0 Å². The molecule has 5 heteroatoms. The second-order valence-electron chi connectivity index (χ2n) is 7.67. The van der Waals surface area contributed by atoms with Gasteiger partial charge in [0.05, 0.1) is 5.41 Å². The van der Waals surface area contributed by atoms with E-state index >= 15 is 0 Å². The first-order chi connectivity index (χ1) is 11.1. The number of carbonyl (C=O) groups excluding carboxylic acids is 1. The summed E-state index contributed by atoms with van der Waals surface area (Å²) < 4.78 is 0. The Kier molecular flexibility index (Phi) is 5.15. The lowest BCUT2D eigenvalue weighted by molar-refractivity contribution is -0.136. The molecule has 4 rings (SSSR count). The van der Waals surface area contributed by atoms with Crippen LogP contribution in [0.4, 0.5) is 0 Å². The SMILES string of the molecule is Cl.NC1CCC2CN(C(=O)C3(c4ccc(Cl)cc4)CCCC3)CC12. The Morgan fingerprint density at radius 2 is 1.79 bits per heavy atom. The molecular formula is C19H26Cl2N2O. The maximum atomic E-state index is 13.4. The van der Waals surface area contributed by atoms with Crippen LogP contribution in [0.2, 0.25) is 5.02 Å². The van der Waals surface area contributed by atoms with Crippen LogP contribution in [-0.2, 0) is 10.2 Å². The maximum Gasteiger partial charge on any atom is 0.233 e. The number of benzene rings is 1. The number of nitrogens with zero attached hydrogens (tertiary/aromatic N) is 1. The largest absolute Gasteiger partial charge is 0.341 e. The molecule has 3 nitrogen and oxygen atoms in total.